The molecule has 0 aromatic heterocycles. The molecule has 0 atom stereocenters. The number of aryl methyl sites for hydroxylation is 2. The molecule has 0 radical (unpaired) electrons. The summed E-state index contributed by atoms with van der Waals surface area (Å²) in [7, 11) is 1.80. The molecule has 94 valence electrons. The summed E-state index contributed by atoms with van der Waals surface area (Å²) >= 11 is 0. The zero-order valence-electron chi connectivity index (χ0n) is 11.4. The van der Waals surface area contributed by atoms with Crippen LogP contribution in [0.2, 0.25) is 0 Å². The van der Waals surface area contributed by atoms with Gasteiger partial charge in [0, 0.05) is 24.7 Å². The number of carbonyl (C=O) groups excluding carboxylic acids is 1. The Kier molecular flexibility index (Phi) is 3.94. The predicted molar refractivity (Wildman–Crippen MR) is 71.1 cm³/mol. The Bertz CT molecular complexity index is 424. The Balaban J connectivity index is 3.05. The summed E-state index contributed by atoms with van der Waals surface area (Å²) in [6, 6.07) is 5.87. The molecule has 3 nitrogen and oxygen atoms in total. The quantitative estimate of drug-likeness (QED) is 0.870. The van der Waals surface area contributed by atoms with Crippen LogP contribution >= 0.6 is 0 Å². The second-order valence-electron chi connectivity index (χ2n) is 5.20. The molecule has 1 aromatic rings. The van der Waals surface area contributed by atoms with Crippen molar-refractivity contribution in [2.75, 3.05) is 13.6 Å². The summed E-state index contributed by atoms with van der Waals surface area (Å²) in [5, 5.41) is 0. The molecule has 0 spiro atoms. The van der Waals surface area contributed by atoms with E-state index in [-0.39, 0.29) is 11.4 Å². The van der Waals surface area contributed by atoms with Crippen LogP contribution in [0.5, 0.6) is 0 Å². The minimum atomic E-state index is -0.325. The molecule has 3 heteroatoms. The van der Waals surface area contributed by atoms with E-state index in [1.54, 1.807) is 11.9 Å². The highest BCUT2D eigenvalue weighted by atomic mass is 16.2. The Morgan fingerprint density at radius 3 is 2.41 bits per heavy atom. The molecule has 0 bridgehead atoms. The highest BCUT2D eigenvalue weighted by molar-refractivity contribution is 5.96. The van der Waals surface area contributed by atoms with Crippen LogP contribution in [0.15, 0.2) is 18.2 Å². The molecule has 1 aromatic carbocycles. The fourth-order valence-electron chi connectivity index (χ4n) is 1.65. The molecule has 0 aliphatic carbocycles. The first-order valence-electron chi connectivity index (χ1n) is 5.85. The van der Waals surface area contributed by atoms with Gasteiger partial charge in [-0.05, 0) is 39.3 Å². The number of carbonyl (C=O) groups is 1. The topological polar surface area (TPSA) is 46.3 Å². The van der Waals surface area contributed by atoms with Gasteiger partial charge in [-0.3, -0.25) is 4.79 Å². The van der Waals surface area contributed by atoms with Crippen LogP contribution in [0.1, 0.15) is 35.3 Å². The van der Waals surface area contributed by atoms with E-state index in [1.165, 1.54) is 5.56 Å². The summed E-state index contributed by atoms with van der Waals surface area (Å²) < 4.78 is 0. The highest BCUT2D eigenvalue weighted by Gasteiger charge is 2.27. The number of hydrogen-bond donors (Lipinski definition) is 1. The minimum Gasteiger partial charge on any atom is -0.335 e. The first-order valence-corrected chi connectivity index (χ1v) is 5.85. The van der Waals surface area contributed by atoms with Crippen molar-refractivity contribution in [2.24, 2.45) is 5.73 Å². The Hall–Kier alpha value is -1.35. The van der Waals surface area contributed by atoms with Crippen LogP contribution in [-0.4, -0.2) is 29.9 Å². The first-order chi connectivity index (χ1) is 7.79. The lowest BCUT2D eigenvalue weighted by molar-refractivity contribution is 0.0639. The Labute approximate surface area is 104 Å². The van der Waals surface area contributed by atoms with E-state index in [9.17, 15) is 4.79 Å². The highest BCUT2D eigenvalue weighted by Crippen LogP contribution is 2.18. The number of likely N-dealkylation sites (N-methyl/N-ethyl adjacent to an activating group) is 1. The van der Waals surface area contributed by atoms with E-state index in [0.29, 0.717) is 6.54 Å². The molecule has 1 amide bonds. The average molecular weight is 234 g/mol. The lowest BCUT2D eigenvalue weighted by Crippen LogP contribution is -2.50. The Morgan fingerprint density at radius 2 is 1.94 bits per heavy atom. The molecule has 0 aliphatic heterocycles. The lowest BCUT2D eigenvalue weighted by Gasteiger charge is -2.35. The molecule has 0 aliphatic rings. The third-order valence-electron chi connectivity index (χ3n) is 3.32. The van der Waals surface area contributed by atoms with E-state index < -0.39 is 0 Å². The number of rotatable bonds is 3. The van der Waals surface area contributed by atoms with Gasteiger partial charge in [0.15, 0.2) is 0 Å². The van der Waals surface area contributed by atoms with Gasteiger partial charge in [0.1, 0.15) is 0 Å². The standard InChI is InChI=1S/C14H22N2O/c1-10-6-7-12(11(2)8-10)13(17)16(5)14(3,4)9-15/h6-8H,9,15H2,1-5H3. The van der Waals surface area contributed by atoms with Crippen molar-refractivity contribution in [3.8, 4) is 0 Å². The molecule has 1 rings (SSSR count). The van der Waals surface area contributed by atoms with Crippen molar-refractivity contribution >= 4 is 5.91 Å². The number of hydrogen-bond acceptors (Lipinski definition) is 2. The van der Waals surface area contributed by atoms with Crippen molar-refractivity contribution in [2.45, 2.75) is 33.2 Å². The molecular formula is C14H22N2O. The van der Waals surface area contributed by atoms with Crippen LogP contribution in [0.25, 0.3) is 0 Å². The van der Waals surface area contributed by atoms with Gasteiger partial charge in [-0.25, -0.2) is 0 Å². The van der Waals surface area contributed by atoms with Crippen molar-refractivity contribution < 1.29 is 4.79 Å². The van der Waals surface area contributed by atoms with Crippen molar-refractivity contribution in [1.82, 2.24) is 4.90 Å². The van der Waals surface area contributed by atoms with Crippen LogP contribution in [0, 0.1) is 13.8 Å². The molecule has 0 saturated carbocycles. The van der Waals surface area contributed by atoms with Crippen LogP contribution in [0.3, 0.4) is 0 Å². The number of benzene rings is 1. The maximum absolute atomic E-state index is 12.4. The van der Waals surface area contributed by atoms with Gasteiger partial charge in [-0.2, -0.15) is 0 Å². The third kappa shape index (κ3) is 2.86. The summed E-state index contributed by atoms with van der Waals surface area (Å²) in [5.74, 6) is 0.0259. The smallest absolute Gasteiger partial charge is 0.254 e. The number of nitrogens with two attached hydrogens (primary N) is 1. The molecule has 17 heavy (non-hydrogen) atoms. The van der Waals surface area contributed by atoms with Gasteiger partial charge >= 0.3 is 0 Å². The number of amides is 1. The molecule has 0 saturated heterocycles. The van der Waals surface area contributed by atoms with Gasteiger partial charge in [0.25, 0.3) is 5.91 Å². The van der Waals surface area contributed by atoms with Crippen molar-refractivity contribution in [1.29, 1.82) is 0 Å². The van der Waals surface area contributed by atoms with Crippen molar-refractivity contribution in [3.05, 3.63) is 34.9 Å². The summed E-state index contributed by atoms with van der Waals surface area (Å²) in [6.07, 6.45) is 0. The normalized spacial score (nSPS) is 11.4. The van der Waals surface area contributed by atoms with E-state index in [0.717, 1.165) is 11.1 Å². The second kappa shape index (κ2) is 4.88. The second-order valence-corrected chi connectivity index (χ2v) is 5.20. The SMILES string of the molecule is Cc1ccc(C(=O)N(C)C(C)(C)CN)c(C)c1. The predicted octanol–water partition coefficient (Wildman–Crippen LogP) is 2.11. The summed E-state index contributed by atoms with van der Waals surface area (Å²) in [4.78, 5) is 14.1. The molecule has 2 N–H and O–H groups in total. The van der Waals surface area contributed by atoms with Gasteiger partial charge < -0.3 is 10.6 Å². The Morgan fingerprint density at radius 1 is 1.35 bits per heavy atom. The van der Waals surface area contributed by atoms with Crippen molar-refractivity contribution in [3.63, 3.8) is 0 Å². The zero-order chi connectivity index (χ0) is 13.2. The third-order valence-corrected chi connectivity index (χ3v) is 3.32. The fourth-order valence-corrected chi connectivity index (χ4v) is 1.65. The van der Waals surface area contributed by atoms with E-state index >= 15 is 0 Å². The van der Waals surface area contributed by atoms with E-state index in [2.05, 4.69) is 0 Å². The van der Waals surface area contributed by atoms with E-state index in [1.807, 2.05) is 45.9 Å². The lowest BCUT2D eigenvalue weighted by atomic mass is 10.00. The van der Waals surface area contributed by atoms with Gasteiger partial charge in [-0.1, -0.05) is 17.7 Å². The van der Waals surface area contributed by atoms with Gasteiger partial charge in [0.05, 0.1) is 0 Å². The van der Waals surface area contributed by atoms with Gasteiger partial charge in [0.2, 0.25) is 0 Å². The van der Waals surface area contributed by atoms with Crippen LogP contribution in [0.4, 0.5) is 0 Å². The van der Waals surface area contributed by atoms with E-state index in [4.69, 9.17) is 5.73 Å². The number of nitrogens with zero attached hydrogens (tertiary/aromatic N) is 1. The fraction of sp³-hybridized carbons (Fsp3) is 0.500. The maximum Gasteiger partial charge on any atom is 0.254 e. The zero-order valence-corrected chi connectivity index (χ0v) is 11.4. The van der Waals surface area contributed by atoms with Crippen LogP contribution < -0.4 is 5.73 Å². The largest absolute Gasteiger partial charge is 0.335 e. The van der Waals surface area contributed by atoms with Gasteiger partial charge in [-0.15, -0.1) is 0 Å². The monoisotopic (exact) mass is 234 g/mol. The molecular weight excluding hydrogens is 212 g/mol. The summed E-state index contributed by atoms with van der Waals surface area (Å²) in [5.41, 5.74) is 8.29. The first kappa shape index (κ1) is 13.7. The minimum absolute atomic E-state index is 0.0259. The maximum atomic E-state index is 12.4. The summed E-state index contributed by atoms with van der Waals surface area (Å²) in [6.45, 7) is 8.36. The molecule has 0 unspecified atom stereocenters. The molecule has 0 heterocycles. The molecule has 0 fully saturated rings. The van der Waals surface area contributed by atoms with Crippen LogP contribution in [-0.2, 0) is 0 Å². The average Bonchev–Trinajstić information content (AvgIpc) is 2.27.